The van der Waals surface area contributed by atoms with Crippen molar-refractivity contribution in [3.8, 4) is 0 Å². The Morgan fingerprint density at radius 1 is 1.07 bits per heavy atom. The van der Waals surface area contributed by atoms with Crippen molar-refractivity contribution in [2.24, 2.45) is 0 Å². The summed E-state index contributed by atoms with van der Waals surface area (Å²) in [4.78, 5) is 23.4. The van der Waals surface area contributed by atoms with Crippen LogP contribution in [0.3, 0.4) is 0 Å². The number of aromatic nitrogens is 3. The van der Waals surface area contributed by atoms with Gasteiger partial charge in [-0.15, -0.1) is 0 Å². The number of urea groups is 1. The number of nitrogens with zero attached hydrogens (tertiary/aromatic N) is 5. The van der Waals surface area contributed by atoms with Crippen LogP contribution in [0.15, 0.2) is 36.7 Å². The molecule has 0 bridgehead atoms. The Morgan fingerprint density at radius 2 is 1.81 bits per heavy atom. The third-order valence-corrected chi connectivity index (χ3v) is 5.44. The average molecular weight is 369 g/mol. The van der Waals surface area contributed by atoms with Gasteiger partial charge in [-0.3, -0.25) is 10.00 Å². The van der Waals surface area contributed by atoms with Crippen molar-refractivity contribution < 1.29 is 4.79 Å². The second-order valence-electron chi connectivity index (χ2n) is 7.24. The van der Waals surface area contributed by atoms with E-state index in [2.05, 4.69) is 54.6 Å². The van der Waals surface area contributed by atoms with Gasteiger partial charge < -0.3 is 15.1 Å². The van der Waals surface area contributed by atoms with Crippen molar-refractivity contribution in [3.05, 3.63) is 42.5 Å². The average Bonchev–Trinajstić information content (AvgIpc) is 3.23. The molecule has 2 amide bonds. The highest BCUT2D eigenvalue weighted by atomic mass is 16.2. The van der Waals surface area contributed by atoms with E-state index in [1.807, 2.05) is 11.0 Å². The smallest absolute Gasteiger partial charge is 0.317 e. The van der Waals surface area contributed by atoms with Crippen LogP contribution in [0.25, 0.3) is 0 Å². The number of amides is 2. The molecule has 27 heavy (non-hydrogen) atoms. The molecule has 0 saturated carbocycles. The molecule has 2 aliphatic rings. The topological polar surface area (TPSA) is 80.4 Å². The summed E-state index contributed by atoms with van der Waals surface area (Å²) in [6.45, 7) is 5.96. The largest absolute Gasteiger partial charge is 0.371 e. The zero-order valence-electron chi connectivity index (χ0n) is 15.5. The molecule has 2 aromatic rings. The molecule has 0 spiro atoms. The zero-order valence-corrected chi connectivity index (χ0v) is 15.5. The quantitative estimate of drug-likeness (QED) is 0.849. The molecule has 2 aliphatic heterocycles. The van der Waals surface area contributed by atoms with E-state index in [1.54, 1.807) is 0 Å². The summed E-state index contributed by atoms with van der Waals surface area (Å²) in [6, 6.07) is 10.8. The molecule has 144 valence electrons. The van der Waals surface area contributed by atoms with E-state index in [1.165, 1.54) is 12.0 Å². The number of carbonyl (C=O) groups is 1. The zero-order chi connectivity index (χ0) is 18.5. The number of piperazine rings is 1. The molecule has 0 radical (unpaired) electrons. The number of anilines is 1. The van der Waals surface area contributed by atoms with Gasteiger partial charge in [0.1, 0.15) is 12.2 Å². The fraction of sp³-hybridized carbons (Fsp3) is 0.526. The predicted octanol–water partition coefficient (Wildman–Crippen LogP) is 1.30. The lowest BCUT2D eigenvalue weighted by Gasteiger charge is -2.37. The predicted molar refractivity (Wildman–Crippen MR) is 103 cm³/mol. The number of H-pyrrole nitrogens is 1. The van der Waals surface area contributed by atoms with Gasteiger partial charge in [0, 0.05) is 51.0 Å². The number of piperidine rings is 1. The Balaban J connectivity index is 1.19. The summed E-state index contributed by atoms with van der Waals surface area (Å²) in [5, 5.41) is 10.0. The van der Waals surface area contributed by atoms with Crippen molar-refractivity contribution in [1.29, 1.82) is 0 Å². The minimum absolute atomic E-state index is 0.0764. The van der Waals surface area contributed by atoms with Gasteiger partial charge in [-0.05, 0) is 25.0 Å². The van der Waals surface area contributed by atoms with E-state index in [0.29, 0.717) is 0 Å². The summed E-state index contributed by atoms with van der Waals surface area (Å²) < 4.78 is 0. The van der Waals surface area contributed by atoms with Gasteiger partial charge in [0.2, 0.25) is 0 Å². The van der Waals surface area contributed by atoms with Gasteiger partial charge >= 0.3 is 6.03 Å². The number of hydrogen-bond acceptors (Lipinski definition) is 5. The number of nitrogens with one attached hydrogen (secondary N) is 2. The fourth-order valence-electron chi connectivity index (χ4n) is 3.81. The standard InChI is InChI=1S/C19H27N7O/c27-19(26-12-10-24(11-13-26)14-18-20-15-21-23-18)22-16-6-8-25(9-7-16)17-4-2-1-3-5-17/h1-5,15-16H,6-14H2,(H,22,27)(H,20,21,23). The lowest BCUT2D eigenvalue weighted by atomic mass is 10.0. The fourth-order valence-corrected chi connectivity index (χ4v) is 3.81. The normalized spacial score (nSPS) is 19.3. The number of benzene rings is 1. The van der Waals surface area contributed by atoms with Crippen molar-refractivity contribution in [2.75, 3.05) is 44.2 Å². The van der Waals surface area contributed by atoms with Crippen LogP contribution in [0.5, 0.6) is 0 Å². The van der Waals surface area contributed by atoms with E-state index in [-0.39, 0.29) is 12.1 Å². The van der Waals surface area contributed by atoms with Crippen LogP contribution >= 0.6 is 0 Å². The van der Waals surface area contributed by atoms with E-state index < -0.39 is 0 Å². The second-order valence-corrected chi connectivity index (χ2v) is 7.24. The maximum Gasteiger partial charge on any atom is 0.317 e. The van der Waals surface area contributed by atoms with Crippen molar-refractivity contribution >= 4 is 11.7 Å². The SMILES string of the molecule is O=C(NC1CCN(c2ccccc2)CC1)N1CCN(Cc2ncn[nH]2)CC1. The molecule has 1 aromatic carbocycles. The van der Waals surface area contributed by atoms with Gasteiger partial charge in [0.15, 0.2) is 0 Å². The van der Waals surface area contributed by atoms with E-state index in [4.69, 9.17) is 0 Å². The summed E-state index contributed by atoms with van der Waals surface area (Å²) in [5.74, 6) is 0.873. The lowest BCUT2D eigenvalue weighted by Crippen LogP contribution is -2.54. The number of para-hydroxylation sites is 1. The molecular formula is C19H27N7O. The first-order valence-corrected chi connectivity index (χ1v) is 9.70. The van der Waals surface area contributed by atoms with Crippen LogP contribution in [0, 0.1) is 0 Å². The first-order chi connectivity index (χ1) is 13.3. The van der Waals surface area contributed by atoms with E-state index >= 15 is 0 Å². The highest BCUT2D eigenvalue weighted by Gasteiger charge is 2.25. The van der Waals surface area contributed by atoms with Crippen LogP contribution in [-0.2, 0) is 6.54 Å². The molecule has 0 aliphatic carbocycles. The van der Waals surface area contributed by atoms with E-state index in [0.717, 1.165) is 64.5 Å². The monoisotopic (exact) mass is 369 g/mol. The van der Waals surface area contributed by atoms with Crippen LogP contribution < -0.4 is 10.2 Å². The minimum Gasteiger partial charge on any atom is -0.371 e. The van der Waals surface area contributed by atoms with E-state index in [9.17, 15) is 4.79 Å². The Bertz CT molecular complexity index is 705. The van der Waals surface area contributed by atoms with Crippen molar-refractivity contribution in [3.63, 3.8) is 0 Å². The molecule has 8 nitrogen and oxygen atoms in total. The van der Waals surface area contributed by atoms with Gasteiger partial charge in [0.25, 0.3) is 0 Å². The van der Waals surface area contributed by atoms with Gasteiger partial charge in [-0.25, -0.2) is 9.78 Å². The number of rotatable bonds is 4. The van der Waals surface area contributed by atoms with Crippen LogP contribution in [0.2, 0.25) is 0 Å². The Morgan fingerprint density at radius 3 is 2.48 bits per heavy atom. The molecule has 3 heterocycles. The van der Waals surface area contributed by atoms with Crippen LogP contribution in [0.4, 0.5) is 10.5 Å². The van der Waals surface area contributed by atoms with Crippen molar-refractivity contribution in [2.45, 2.75) is 25.4 Å². The Hall–Kier alpha value is -2.61. The minimum atomic E-state index is 0.0764. The molecule has 2 saturated heterocycles. The summed E-state index contributed by atoms with van der Waals surface area (Å²) >= 11 is 0. The molecule has 2 N–H and O–H groups in total. The Labute approximate surface area is 159 Å². The third kappa shape index (κ3) is 4.57. The first-order valence-electron chi connectivity index (χ1n) is 9.70. The molecule has 2 fully saturated rings. The van der Waals surface area contributed by atoms with Gasteiger partial charge in [-0.2, -0.15) is 5.10 Å². The molecule has 4 rings (SSSR count). The molecule has 0 unspecified atom stereocenters. The lowest BCUT2D eigenvalue weighted by molar-refractivity contribution is 0.131. The summed E-state index contributed by atoms with van der Waals surface area (Å²) in [5.41, 5.74) is 1.27. The number of carbonyl (C=O) groups excluding carboxylic acids is 1. The second kappa shape index (κ2) is 8.39. The van der Waals surface area contributed by atoms with Gasteiger partial charge in [-0.1, -0.05) is 18.2 Å². The van der Waals surface area contributed by atoms with Crippen LogP contribution in [0.1, 0.15) is 18.7 Å². The third-order valence-electron chi connectivity index (χ3n) is 5.44. The molecular weight excluding hydrogens is 342 g/mol. The first kappa shape index (κ1) is 17.8. The Kier molecular flexibility index (Phi) is 5.53. The van der Waals surface area contributed by atoms with Crippen molar-refractivity contribution in [1.82, 2.24) is 30.3 Å². The highest BCUT2D eigenvalue weighted by Crippen LogP contribution is 2.19. The molecule has 8 heteroatoms. The maximum absolute atomic E-state index is 12.6. The number of aromatic amines is 1. The maximum atomic E-state index is 12.6. The summed E-state index contributed by atoms with van der Waals surface area (Å²) in [6.07, 6.45) is 3.51. The molecule has 0 atom stereocenters. The summed E-state index contributed by atoms with van der Waals surface area (Å²) in [7, 11) is 0. The molecule has 1 aromatic heterocycles. The number of hydrogen-bond donors (Lipinski definition) is 2. The van der Waals surface area contributed by atoms with Gasteiger partial charge in [0.05, 0.1) is 6.54 Å². The van der Waals surface area contributed by atoms with Crippen LogP contribution in [-0.4, -0.2) is 76.3 Å². The highest BCUT2D eigenvalue weighted by molar-refractivity contribution is 5.74.